The van der Waals surface area contributed by atoms with Gasteiger partial charge in [0.1, 0.15) is 48.8 Å². The summed E-state index contributed by atoms with van der Waals surface area (Å²) in [6.45, 7) is 2.73. The zero-order valence-electron chi connectivity index (χ0n) is 43.1. The molecule has 2 saturated heterocycles. The molecule has 1 amide bonds. The molecule has 0 spiro atoms. The highest BCUT2D eigenvalue weighted by Gasteiger charge is 2.51. The van der Waals surface area contributed by atoms with Crippen molar-refractivity contribution in [1.82, 2.24) is 5.32 Å². The van der Waals surface area contributed by atoms with Gasteiger partial charge in [0.05, 0.1) is 32.0 Å². The molecule has 0 aromatic carbocycles. The van der Waals surface area contributed by atoms with E-state index >= 15 is 0 Å². The molecule has 2 rings (SSSR count). The van der Waals surface area contributed by atoms with Gasteiger partial charge in [-0.1, -0.05) is 192 Å². The number of rotatable bonds is 43. The number of carbonyl (C=O) groups excluding carboxylic acids is 1. The van der Waals surface area contributed by atoms with Crippen LogP contribution in [-0.4, -0.2) is 140 Å². The molecule has 12 atom stereocenters. The molecule has 0 saturated carbocycles. The fraction of sp³-hybridized carbons (Fsp3) is 0.873. The number of allylic oxidation sites excluding steroid dienone is 5. The molecule has 0 radical (unpaired) electrons. The number of aliphatic hydroxyl groups excluding tert-OH is 8. The molecule has 404 valence electrons. The second-order valence-corrected chi connectivity index (χ2v) is 19.7. The standard InChI is InChI=1S/C55H101NO13/c1-3-5-7-9-11-13-15-16-17-18-19-20-21-22-23-24-25-26-27-29-30-32-34-36-38-44(59)43(56-47(60)39-37-35-33-31-28-14-12-10-8-6-4-2)42-66-54-52(65)50(63)53(46(41-58)68-54)69-55-51(64)49(62)48(61)45(40-57)67-55/h10,12,29-30,36,38,43-46,48-55,57-59,61-65H,3-9,11,13-28,31-35,37,39-42H2,1-2H3,(H,56,60)/b12-10-,30-29+,38-36+. The van der Waals surface area contributed by atoms with E-state index in [4.69, 9.17) is 18.9 Å². The van der Waals surface area contributed by atoms with Gasteiger partial charge in [0, 0.05) is 6.42 Å². The third kappa shape index (κ3) is 28.3. The third-order valence-electron chi connectivity index (χ3n) is 13.5. The predicted molar refractivity (Wildman–Crippen MR) is 272 cm³/mol. The van der Waals surface area contributed by atoms with Crippen LogP contribution in [0, 0.1) is 0 Å². The summed E-state index contributed by atoms with van der Waals surface area (Å²) < 4.78 is 22.7. The minimum atomic E-state index is -1.79. The van der Waals surface area contributed by atoms with E-state index in [0.717, 1.165) is 51.4 Å². The zero-order chi connectivity index (χ0) is 50.3. The molecule has 0 aliphatic carbocycles. The Kier molecular flexibility index (Phi) is 38.2. The minimum absolute atomic E-state index is 0.260. The van der Waals surface area contributed by atoms with E-state index in [2.05, 4.69) is 43.5 Å². The van der Waals surface area contributed by atoms with Crippen molar-refractivity contribution in [2.24, 2.45) is 0 Å². The third-order valence-corrected chi connectivity index (χ3v) is 13.5. The first-order chi connectivity index (χ1) is 33.6. The molecule has 12 unspecified atom stereocenters. The molecule has 2 aliphatic heterocycles. The van der Waals surface area contributed by atoms with E-state index in [1.54, 1.807) is 6.08 Å². The molecule has 0 bridgehead atoms. The van der Waals surface area contributed by atoms with Gasteiger partial charge in [0.15, 0.2) is 12.6 Å². The number of unbranched alkanes of at least 4 members (excludes halogenated alkanes) is 26. The van der Waals surface area contributed by atoms with E-state index in [-0.39, 0.29) is 18.9 Å². The number of ether oxygens (including phenoxy) is 4. The maximum absolute atomic E-state index is 13.1. The summed E-state index contributed by atoms with van der Waals surface area (Å²) in [4.78, 5) is 13.1. The van der Waals surface area contributed by atoms with Crippen LogP contribution in [0.5, 0.6) is 0 Å². The van der Waals surface area contributed by atoms with Crippen LogP contribution in [0.1, 0.15) is 213 Å². The number of nitrogens with one attached hydrogen (secondary N) is 1. The summed E-state index contributed by atoms with van der Waals surface area (Å²) in [6, 6.07) is -0.933. The molecular weight excluding hydrogens is 883 g/mol. The van der Waals surface area contributed by atoms with Crippen LogP contribution in [0.4, 0.5) is 0 Å². The molecule has 14 heteroatoms. The highest BCUT2D eigenvalue weighted by molar-refractivity contribution is 5.76. The maximum atomic E-state index is 13.1. The minimum Gasteiger partial charge on any atom is -0.394 e. The summed E-state index contributed by atoms with van der Waals surface area (Å²) >= 11 is 0. The lowest BCUT2D eigenvalue weighted by atomic mass is 9.97. The van der Waals surface area contributed by atoms with Crippen LogP contribution < -0.4 is 5.32 Å². The lowest BCUT2D eigenvalue weighted by Crippen LogP contribution is -2.65. The molecule has 0 aromatic rings. The first-order valence-corrected chi connectivity index (χ1v) is 27.7. The van der Waals surface area contributed by atoms with Gasteiger partial charge in [-0.25, -0.2) is 0 Å². The van der Waals surface area contributed by atoms with Crippen molar-refractivity contribution >= 4 is 5.91 Å². The number of hydrogen-bond acceptors (Lipinski definition) is 13. The zero-order valence-corrected chi connectivity index (χ0v) is 43.1. The topological polar surface area (TPSA) is 228 Å². The maximum Gasteiger partial charge on any atom is 0.220 e. The van der Waals surface area contributed by atoms with Crippen LogP contribution in [0.25, 0.3) is 0 Å². The van der Waals surface area contributed by atoms with Crippen molar-refractivity contribution in [2.75, 3.05) is 19.8 Å². The first kappa shape index (κ1) is 63.3. The van der Waals surface area contributed by atoms with E-state index in [1.807, 2.05) is 6.08 Å². The van der Waals surface area contributed by atoms with Gasteiger partial charge in [-0.05, 0) is 51.4 Å². The number of aliphatic hydroxyl groups is 8. The van der Waals surface area contributed by atoms with Crippen LogP contribution in [0.2, 0.25) is 0 Å². The van der Waals surface area contributed by atoms with Crippen molar-refractivity contribution in [2.45, 2.75) is 286 Å². The van der Waals surface area contributed by atoms with Gasteiger partial charge in [0.2, 0.25) is 5.91 Å². The Labute approximate surface area is 417 Å². The second-order valence-electron chi connectivity index (χ2n) is 19.7. The fourth-order valence-corrected chi connectivity index (χ4v) is 8.99. The van der Waals surface area contributed by atoms with E-state index in [9.17, 15) is 45.6 Å². The summed E-state index contributed by atoms with van der Waals surface area (Å²) in [5.41, 5.74) is 0. The van der Waals surface area contributed by atoms with Gasteiger partial charge in [-0.3, -0.25) is 4.79 Å². The summed E-state index contributed by atoms with van der Waals surface area (Å²) in [6.07, 6.45) is 32.0. The van der Waals surface area contributed by atoms with Crippen LogP contribution in [0.15, 0.2) is 36.5 Å². The molecule has 9 N–H and O–H groups in total. The first-order valence-electron chi connectivity index (χ1n) is 27.7. The molecule has 69 heavy (non-hydrogen) atoms. The Bertz CT molecular complexity index is 1300. The van der Waals surface area contributed by atoms with E-state index in [1.165, 1.54) is 128 Å². The Morgan fingerprint density at radius 3 is 1.46 bits per heavy atom. The molecular formula is C55H101NO13. The van der Waals surface area contributed by atoms with Crippen LogP contribution >= 0.6 is 0 Å². The Balaban J connectivity index is 1.78. The molecule has 14 nitrogen and oxygen atoms in total. The summed E-state index contributed by atoms with van der Waals surface area (Å²) in [5, 5.41) is 86.8. The van der Waals surface area contributed by atoms with Crippen molar-refractivity contribution < 1.29 is 64.6 Å². The number of amides is 1. The Morgan fingerprint density at radius 1 is 0.507 bits per heavy atom. The fourth-order valence-electron chi connectivity index (χ4n) is 8.99. The Hall–Kier alpha value is -1.79. The van der Waals surface area contributed by atoms with Gasteiger partial charge < -0.3 is 65.1 Å². The van der Waals surface area contributed by atoms with E-state index < -0.39 is 86.8 Å². The summed E-state index contributed by atoms with van der Waals surface area (Å²) in [7, 11) is 0. The predicted octanol–water partition coefficient (Wildman–Crippen LogP) is 8.27. The second kappa shape index (κ2) is 41.7. The van der Waals surface area contributed by atoms with Gasteiger partial charge >= 0.3 is 0 Å². The molecule has 2 aliphatic rings. The summed E-state index contributed by atoms with van der Waals surface area (Å²) in [5.74, 6) is -0.260. The quantitative estimate of drug-likeness (QED) is 0.0207. The smallest absolute Gasteiger partial charge is 0.220 e. The SMILES string of the molecule is CCCC/C=C\CCCCCCCC(=O)NC(COC1OC(CO)C(OC2OC(CO)C(O)C(O)C2O)C(O)C1O)C(O)/C=C/CC/C=C/CCCCCCCCCCCCCCCCCCCC. The van der Waals surface area contributed by atoms with Crippen molar-refractivity contribution in [3.63, 3.8) is 0 Å². The molecule has 2 fully saturated rings. The average Bonchev–Trinajstić information content (AvgIpc) is 3.35. The highest BCUT2D eigenvalue weighted by Crippen LogP contribution is 2.30. The van der Waals surface area contributed by atoms with Crippen LogP contribution in [-0.2, 0) is 23.7 Å². The van der Waals surface area contributed by atoms with Crippen molar-refractivity contribution in [3.05, 3.63) is 36.5 Å². The van der Waals surface area contributed by atoms with Crippen LogP contribution in [0.3, 0.4) is 0 Å². The van der Waals surface area contributed by atoms with Gasteiger partial charge in [-0.2, -0.15) is 0 Å². The van der Waals surface area contributed by atoms with Crippen molar-refractivity contribution in [3.8, 4) is 0 Å². The lowest BCUT2D eigenvalue weighted by Gasteiger charge is -2.46. The largest absolute Gasteiger partial charge is 0.394 e. The molecule has 0 aromatic heterocycles. The Morgan fingerprint density at radius 2 is 0.942 bits per heavy atom. The number of carbonyl (C=O) groups is 1. The highest BCUT2D eigenvalue weighted by atomic mass is 16.7. The van der Waals surface area contributed by atoms with Gasteiger partial charge in [0.25, 0.3) is 0 Å². The monoisotopic (exact) mass is 984 g/mol. The number of hydrogen-bond donors (Lipinski definition) is 9. The normalized spacial score (nSPS) is 26.4. The van der Waals surface area contributed by atoms with Crippen molar-refractivity contribution in [1.29, 1.82) is 0 Å². The lowest BCUT2D eigenvalue weighted by molar-refractivity contribution is -0.359. The molecule has 2 heterocycles. The average molecular weight is 984 g/mol. The van der Waals surface area contributed by atoms with E-state index in [0.29, 0.717) is 12.8 Å². The van der Waals surface area contributed by atoms with Gasteiger partial charge in [-0.15, -0.1) is 0 Å².